The quantitative estimate of drug-likeness (QED) is 0.526. The summed E-state index contributed by atoms with van der Waals surface area (Å²) >= 11 is 0. The van der Waals surface area contributed by atoms with Gasteiger partial charge in [0.25, 0.3) is 0 Å². The molecule has 3 aromatic rings. The molecule has 150 valence electrons. The molecule has 4 heteroatoms. The molecule has 0 bridgehead atoms. The highest BCUT2D eigenvalue weighted by Gasteiger charge is 2.43. The molecule has 1 aliphatic heterocycles. The highest BCUT2D eigenvalue weighted by Crippen LogP contribution is 2.43. The topological polar surface area (TPSA) is 37.0 Å². The summed E-state index contributed by atoms with van der Waals surface area (Å²) in [6.07, 6.45) is 1.05. The van der Waals surface area contributed by atoms with Crippen molar-refractivity contribution in [1.29, 1.82) is 0 Å². The highest BCUT2D eigenvalue weighted by atomic mass is 16.6. The van der Waals surface area contributed by atoms with Crippen LogP contribution in [0.1, 0.15) is 29.8 Å². The van der Waals surface area contributed by atoms with Crippen molar-refractivity contribution in [2.75, 3.05) is 25.5 Å². The van der Waals surface area contributed by atoms with Crippen LogP contribution in [0.3, 0.4) is 0 Å². The lowest BCUT2D eigenvalue weighted by Crippen LogP contribution is -2.21. The molecule has 3 unspecified atom stereocenters. The van der Waals surface area contributed by atoms with Gasteiger partial charge in [0.1, 0.15) is 18.0 Å². The third-order valence-electron chi connectivity index (χ3n) is 5.31. The molecule has 4 rings (SSSR count). The van der Waals surface area contributed by atoms with E-state index in [9.17, 15) is 0 Å². The Morgan fingerprint density at radius 1 is 0.966 bits per heavy atom. The van der Waals surface area contributed by atoms with Crippen molar-refractivity contribution >= 4 is 5.69 Å². The van der Waals surface area contributed by atoms with Gasteiger partial charge < -0.3 is 19.7 Å². The average Bonchev–Trinajstić information content (AvgIpc) is 3.58. The molecule has 3 atom stereocenters. The van der Waals surface area contributed by atoms with Crippen LogP contribution < -0.4 is 15.0 Å². The van der Waals surface area contributed by atoms with Crippen molar-refractivity contribution in [3.63, 3.8) is 0 Å². The van der Waals surface area contributed by atoms with Crippen molar-refractivity contribution in [2.24, 2.45) is 0 Å². The van der Waals surface area contributed by atoms with Gasteiger partial charge in [-0.3, -0.25) is 0 Å². The predicted octanol–water partition coefficient (Wildman–Crippen LogP) is 4.95. The lowest BCUT2D eigenvalue weighted by molar-refractivity contribution is 0.194. The lowest BCUT2D eigenvalue weighted by atomic mass is 10.1. The number of hydrogen-bond donors (Lipinski definition) is 1. The van der Waals surface area contributed by atoms with Gasteiger partial charge in [-0.15, -0.1) is 0 Å². The first-order valence-electron chi connectivity index (χ1n) is 10.2. The van der Waals surface area contributed by atoms with Crippen LogP contribution in [-0.2, 0) is 4.74 Å². The van der Waals surface area contributed by atoms with Crippen molar-refractivity contribution in [3.05, 3.63) is 96.1 Å². The molecule has 1 fully saturated rings. The van der Waals surface area contributed by atoms with E-state index in [0.29, 0.717) is 0 Å². The molecule has 4 nitrogen and oxygen atoms in total. The zero-order valence-corrected chi connectivity index (χ0v) is 17.0. The van der Waals surface area contributed by atoms with Crippen molar-refractivity contribution in [3.8, 4) is 5.75 Å². The third kappa shape index (κ3) is 4.78. The first kappa shape index (κ1) is 19.5. The van der Waals surface area contributed by atoms with Crippen molar-refractivity contribution in [2.45, 2.75) is 24.9 Å². The molecular weight excluding hydrogens is 360 g/mol. The molecule has 0 aliphatic carbocycles. The smallest absolute Gasteiger partial charge is 0.161 e. The van der Waals surface area contributed by atoms with Crippen LogP contribution in [0.2, 0.25) is 0 Å². The molecule has 1 aliphatic rings. The average molecular weight is 389 g/mol. The predicted molar refractivity (Wildman–Crippen MR) is 117 cm³/mol. The zero-order valence-electron chi connectivity index (χ0n) is 17.0. The van der Waals surface area contributed by atoms with Crippen LogP contribution in [0.15, 0.2) is 84.9 Å². The van der Waals surface area contributed by atoms with Gasteiger partial charge in [0.05, 0.1) is 0 Å². The first-order valence-corrected chi connectivity index (χ1v) is 10.2. The molecule has 0 amide bonds. The summed E-state index contributed by atoms with van der Waals surface area (Å²) in [4.78, 5) is 2.18. The maximum Gasteiger partial charge on any atom is 0.161 e. The van der Waals surface area contributed by atoms with Gasteiger partial charge in [0.15, 0.2) is 6.23 Å². The second-order valence-electron chi connectivity index (χ2n) is 7.38. The van der Waals surface area contributed by atoms with Crippen LogP contribution in [0.5, 0.6) is 5.75 Å². The van der Waals surface area contributed by atoms with Gasteiger partial charge in [-0.05, 0) is 49.0 Å². The standard InChI is InChI=1S/C25H28N2O2/c1-26-17-16-23(19-10-5-3-6-11-19)28-22-15-9-12-20(18-22)24-25(29-24)27(2)21-13-7-4-8-14-21/h3-15,18,23-26H,16-17H2,1-2H3. The SMILES string of the molecule is CNCCC(Oc1cccc(C2OC2N(C)c2ccccc2)c1)c1ccccc1. The highest BCUT2D eigenvalue weighted by molar-refractivity contribution is 5.48. The Hall–Kier alpha value is -2.82. The molecule has 29 heavy (non-hydrogen) atoms. The normalized spacial score (nSPS) is 18.8. The minimum Gasteiger partial charge on any atom is -0.486 e. The summed E-state index contributed by atoms with van der Waals surface area (Å²) in [5.41, 5.74) is 3.50. The van der Waals surface area contributed by atoms with Crippen LogP contribution in [0, 0.1) is 0 Å². The van der Waals surface area contributed by atoms with E-state index in [1.807, 2.05) is 43.4 Å². The summed E-state index contributed by atoms with van der Waals surface area (Å²) in [6.45, 7) is 0.898. The molecular formula is C25H28N2O2. The van der Waals surface area contributed by atoms with E-state index in [2.05, 4.69) is 65.8 Å². The van der Waals surface area contributed by atoms with Crippen LogP contribution >= 0.6 is 0 Å². The van der Waals surface area contributed by atoms with Gasteiger partial charge in [0.2, 0.25) is 0 Å². The summed E-state index contributed by atoms with van der Waals surface area (Å²) in [5.74, 6) is 0.879. The molecule has 3 aromatic carbocycles. The van der Waals surface area contributed by atoms with Crippen LogP contribution in [0.25, 0.3) is 0 Å². The van der Waals surface area contributed by atoms with E-state index >= 15 is 0 Å². The third-order valence-corrected chi connectivity index (χ3v) is 5.31. The minimum atomic E-state index is 0.0156. The molecule has 1 N–H and O–H groups in total. The fraction of sp³-hybridized carbons (Fsp3) is 0.280. The van der Waals surface area contributed by atoms with E-state index in [1.54, 1.807) is 0 Å². The molecule has 0 aromatic heterocycles. The number of epoxide rings is 1. The minimum absolute atomic E-state index is 0.0156. The largest absolute Gasteiger partial charge is 0.486 e. The fourth-order valence-electron chi connectivity index (χ4n) is 3.62. The monoisotopic (exact) mass is 388 g/mol. The number of anilines is 1. The van der Waals surface area contributed by atoms with Crippen molar-refractivity contribution in [1.82, 2.24) is 5.32 Å². The Labute approximate surface area is 173 Å². The Morgan fingerprint density at radius 2 is 1.69 bits per heavy atom. The second-order valence-corrected chi connectivity index (χ2v) is 7.38. The molecule has 0 spiro atoms. The molecule has 1 heterocycles. The van der Waals surface area contributed by atoms with Gasteiger partial charge in [-0.2, -0.15) is 0 Å². The van der Waals surface area contributed by atoms with Gasteiger partial charge in [0, 0.05) is 19.2 Å². The number of nitrogens with zero attached hydrogens (tertiary/aromatic N) is 1. The number of likely N-dealkylation sites (N-methyl/N-ethyl adjacent to an activating group) is 1. The van der Waals surface area contributed by atoms with E-state index in [4.69, 9.17) is 9.47 Å². The second kappa shape index (κ2) is 9.12. The maximum atomic E-state index is 6.39. The zero-order chi connectivity index (χ0) is 20.1. The Balaban J connectivity index is 1.46. The number of rotatable bonds is 9. The Kier molecular flexibility index (Phi) is 6.13. The number of ether oxygens (including phenoxy) is 2. The van der Waals surface area contributed by atoms with Gasteiger partial charge >= 0.3 is 0 Å². The first-order chi connectivity index (χ1) is 14.3. The molecule has 0 radical (unpaired) electrons. The Bertz CT molecular complexity index is 901. The van der Waals surface area contributed by atoms with E-state index in [-0.39, 0.29) is 18.4 Å². The van der Waals surface area contributed by atoms with Gasteiger partial charge in [-0.25, -0.2) is 0 Å². The lowest BCUT2D eigenvalue weighted by Gasteiger charge is -2.20. The fourth-order valence-corrected chi connectivity index (χ4v) is 3.62. The number of hydrogen-bond acceptors (Lipinski definition) is 4. The Morgan fingerprint density at radius 3 is 2.41 bits per heavy atom. The number of para-hydroxylation sites is 1. The van der Waals surface area contributed by atoms with Crippen LogP contribution in [-0.4, -0.2) is 26.9 Å². The van der Waals surface area contributed by atoms with Crippen molar-refractivity contribution < 1.29 is 9.47 Å². The summed E-state index contributed by atoms with van der Waals surface area (Å²) in [5, 5.41) is 3.22. The summed E-state index contributed by atoms with van der Waals surface area (Å²) in [7, 11) is 4.04. The molecule has 1 saturated heterocycles. The van der Waals surface area contributed by atoms with E-state index in [0.717, 1.165) is 30.0 Å². The van der Waals surface area contributed by atoms with E-state index in [1.165, 1.54) is 5.56 Å². The summed E-state index contributed by atoms with van der Waals surface area (Å²) in [6, 6.07) is 29.0. The number of nitrogens with one attached hydrogen (secondary N) is 1. The maximum absolute atomic E-state index is 6.39. The number of benzene rings is 3. The van der Waals surface area contributed by atoms with Gasteiger partial charge in [-0.1, -0.05) is 60.7 Å². The summed E-state index contributed by atoms with van der Waals surface area (Å²) < 4.78 is 12.4. The van der Waals surface area contributed by atoms with Crippen LogP contribution in [0.4, 0.5) is 5.69 Å². The van der Waals surface area contributed by atoms with E-state index < -0.39 is 0 Å². The molecule has 0 saturated carbocycles.